The molecule has 2 atom stereocenters. The number of carbonyl (C=O) groups is 1. The Hall–Kier alpha value is -1.65. The zero-order valence-corrected chi connectivity index (χ0v) is 18.3. The van der Waals surface area contributed by atoms with Crippen molar-refractivity contribution in [3.05, 3.63) is 48.0 Å². The van der Waals surface area contributed by atoms with E-state index in [1.54, 1.807) is 0 Å². The minimum absolute atomic E-state index is 0.0151. The lowest BCUT2D eigenvalue weighted by Gasteiger charge is -2.43. The Morgan fingerprint density at radius 1 is 1.00 bits per heavy atom. The van der Waals surface area contributed by atoms with Crippen LogP contribution in [0.4, 0.5) is 0 Å². The van der Waals surface area contributed by atoms with Crippen molar-refractivity contribution in [2.75, 3.05) is 19.6 Å². The Kier molecular flexibility index (Phi) is 7.27. The molecule has 0 spiro atoms. The van der Waals surface area contributed by atoms with Gasteiger partial charge in [0, 0.05) is 18.5 Å². The van der Waals surface area contributed by atoms with Crippen LogP contribution in [0.25, 0.3) is 0 Å². The van der Waals surface area contributed by atoms with Crippen LogP contribution in [0.15, 0.2) is 42.5 Å². The molecule has 1 aromatic rings. The summed E-state index contributed by atoms with van der Waals surface area (Å²) in [4.78, 5) is 16.3. The number of piperidine rings is 1. The molecular weight excluding hydrogens is 372 g/mol. The van der Waals surface area contributed by atoms with E-state index >= 15 is 0 Å². The van der Waals surface area contributed by atoms with Crippen LogP contribution in [0.3, 0.4) is 0 Å². The summed E-state index contributed by atoms with van der Waals surface area (Å²) in [5.74, 6) is 0.362. The Bertz CT molecular complexity index is 707. The molecule has 2 unspecified atom stereocenters. The summed E-state index contributed by atoms with van der Waals surface area (Å²) in [7, 11) is 0. The molecule has 4 nitrogen and oxygen atoms in total. The van der Waals surface area contributed by atoms with E-state index in [1.165, 1.54) is 12.8 Å². The lowest BCUT2D eigenvalue weighted by atomic mass is 9.78. The third-order valence-corrected chi connectivity index (χ3v) is 7.53. The maximum absolute atomic E-state index is 14.2. The SMILES string of the molecule is O=C(N(CC1C=CCCCC1)C1CCNCC1)C(O)(c1ccccc1)C1CCCC1. The number of hydrogen-bond donors (Lipinski definition) is 2. The monoisotopic (exact) mass is 410 g/mol. The van der Waals surface area contributed by atoms with E-state index in [0.717, 1.165) is 76.6 Å². The molecule has 3 aliphatic rings. The first kappa shape index (κ1) is 21.6. The van der Waals surface area contributed by atoms with Gasteiger partial charge in [-0.1, -0.05) is 61.7 Å². The summed E-state index contributed by atoms with van der Waals surface area (Å²) in [6.07, 6.45) is 15.4. The molecule has 0 aromatic heterocycles. The number of allylic oxidation sites excluding steroid dienone is 1. The Labute approximate surface area is 181 Å². The number of carbonyl (C=O) groups excluding carboxylic acids is 1. The van der Waals surface area contributed by atoms with Crippen molar-refractivity contribution in [3.8, 4) is 0 Å². The van der Waals surface area contributed by atoms with Gasteiger partial charge in [-0.2, -0.15) is 0 Å². The van der Waals surface area contributed by atoms with Crippen LogP contribution in [0, 0.1) is 11.8 Å². The van der Waals surface area contributed by atoms with Gasteiger partial charge in [0.25, 0.3) is 5.91 Å². The maximum Gasteiger partial charge on any atom is 0.259 e. The van der Waals surface area contributed by atoms with Crippen LogP contribution < -0.4 is 5.32 Å². The summed E-state index contributed by atoms with van der Waals surface area (Å²) < 4.78 is 0. The standard InChI is InChI=1S/C26H38N2O2/c29-25(26(30,23-14-8-9-15-23)22-12-6-3-7-13-22)28(24-16-18-27-19-17-24)20-21-10-4-1-2-5-11-21/h3-4,6-7,10,12-13,21,23-24,27,30H,1-2,5,8-9,11,14-20H2. The van der Waals surface area contributed by atoms with E-state index in [0.29, 0.717) is 5.92 Å². The summed E-state index contributed by atoms with van der Waals surface area (Å²) in [6, 6.07) is 9.97. The number of nitrogens with zero attached hydrogens (tertiary/aromatic N) is 1. The first-order valence-electron chi connectivity index (χ1n) is 12.2. The highest BCUT2D eigenvalue weighted by Gasteiger charge is 2.49. The average Bonchev–Trinajstić information content (AvgIpc) is 3.23. The summed E-state index contributed by atoms with van der Waals surface area (Å²) in [5.41, 5.74) is -0.630. The highest BCUT2D eigenvalue weighted by molar-refractivity contribution is 5.87. The fourth-order valence-corrected chi connectivity index (χ4v) is 5.76. The fourth-order valence-electron chi connectivity index (χ4n) is 5.76. The van der Waals surface area contributed by atoms with Gasteiger partial charge >= 0.3 is 0 Å². The third kappa shape index (κ3) is 4.65. The average molecular weight is 411 g/mol. The van der Waals surface area contributed by atoms with Crippen LogP contribution in [0.5, 0.6) is 0 Å². The highest BCUT2D eigenvalue weighted by atomic mass is 16.3. The fraction of sp³-hybridized carbons (Fsp3) is 0.654. The molecule has 1 heterocycles. The lowest BCUT2D eigenvalue weighted by Crippen LogP contribution is -2.56. The van der Waals surface area contributed by atoms with E-state index < -0.39 is 5.60 Å². The Morgan fingerprint density at radius 2 is 1.70 bits per heavy atom. The smallest absolute Gasteiger partial charge is 0.259 e. The molecule has 164 valence electrons. The van der Waals surface area contributed by atoms with Crippen molar-refractivity contribution >= 4 is 5.91 Å². The summed E-state index contributed by atoms with van der Waals surface area (Å²) in [5, 5.41) is 15.5. The summed E-state index contributed by atoms with van der Waals surface area (Å²) in [6.45, 7) is 2.63. The van der Waals surface area contributed by atoms with Crippen molar-refractivity contribution < 1.29 is 9.90 Å². The molecule has 30 heavy (non-hydrogen) atoms. The van der Waals surface area contributed by atoms with Gasteiger partial charge in [-0.3, -0.25) is 4.79 Å². The first-order chi connectivity index (χ1) is 14.7. The van der Waals surface area contributed by atoms with Gasteiger partial charge < -0.3 is 15.3 Å². The molecule has 4 rings (SSSR count). The van der Waals surface area contributed by atoms with Crippen LogP contribution in [0.2, 0.25) is 0 Å². The van der Waals surface area contributed by atoms with E-state index in [-0.39, 0.29) is 17.9 Å². The van der Waals surface area contributed by atoms with Crippen molar-refractivity contribution in [2.24, 2.45) is 11.8 Å². The maximum atomic E-state index is 14.2. The second-order valence-corrected chi connectivity index (χ2v) is 9.53. The predicted molar refractivity (Wildman–Crippen MR) is 121 cm³/mol. The van der Waals surface area contributed by atoms with Gasteiger partial charge in [0.2, 0.25) is 0 Å². The molecule has 2 fully saturated rings. The molecule has 1 aromatic carbocycles. The van der Waals surface area contributed by atoms with E-state index in [9.17, 15) is 9.90 Å². The van der Waals surface area contributed by atoms with Gasteiger partial charge in [-0.25, -0.2) is 0 Å². The molecule has 4 heteroatoms. The van der Waals surface area contributed by atoms with Crippen LogP contribution >= 0.6 is 0 Å². The lowest BCUT2D eigenvalue weighted by molar-refractivity contribution is -0.163. The number of benzene rings is 1. The topological polar surface area (TPSA) is 52.6 Å². The van der Waals surface area contributed by atoms with Gasteiger partial charge in [0.15, 0.2) is 5.60 Å². The number of rotatable bonds is 6. The highest BCUT2D eigenvalue weighted by Crippen LogP contribution is 2.42. The van der Waals surface area contributed by atoms with Crippen molar-refractivity contribution in [3.63, 3.8) is 0 Å². The van der Waals surface area contributed by atoms with Crippen molar-refractivity contribution in [1.29, 1.82) is 0 Å². The van der Waals surface area contributed by atoms with Crippen molar-refractivity contribution in [2.45, 2.75) is 75.9 Å². The van der Waals surface area contributed by atoms with Gasteiger partial charge in [-0.15, -0.1) is 0 Å². The van der Waals surface area contributed by atoms with Gasteiger partial charge in [0.05, 0.1) is 0 Å². The zero-order valence-electron chi connectivity index (χ0n) is 18.3. The molecular formula is C26H38N2O2. The Balaban J connectivity index is 1.66. The normalized spacial score (nSPS) is 25.6. The third-order valence-electron chi connectivity index (χ3n) is 7.53. The zero-order chi connectivity index (χ0) is 20.8. The predicted octanol–water partition coefficient (Wildman–Crippen LogP) is 4.39. The van der Waals surface area contributed by atoms with Gasteiger partial charge in [0.1, 0.15) is 0 Å². The molecule has 0 radical (unpaired) electrons. The Morgan fingerprint density at radius 3 is 2.43 bits per heavy atom. The molecule has 1 saturated heterocycles. The number of nitrogens with one attached hydrogen (secondary N) is 1. The van der Waals surface area contributed by atoms with E-state index in [2.05, 4.69) is 22.4 Å². The number of hydrogen-bond acceptors (Lipinski definition) is 3. The first-order valence-corrected chi connectivity index (χ1v) is 12.2. The van der Waals surface area contributed by atoms with Crippen LogP contribution in [0.1, 0.15) is 69.8 Å². The molecule has 2 N–H and O–H groups in total. The second-order valence-electron chi connectivity index (χ2n) is 9.53. The molecule has 0 bridgehead atoms. The number of aliphatic hydroxyl groups is 1. The van der Waals surface area contributed by atoms with E-state index in [1.807, 2.05) is 30.3 Å². The number of amides is 1. The molecule has 1 amide bonds. The van der Waals surface area contributed by atoms with Gasteiger partial charge in [-0.05, 0) is 69.5 Å². The minimum Gasteiger partial charge on any atom is -0.375 e. The van der Waals surface area contributed by atoms with E-state index in [4.69, 9.17) is 0 Å². The van der Waals surface area contributed by atoms with Crippen molar-refractivity contribution in [1.82, 2.24) is 10.2 Å². The largest absolute Gasteiger partial charge is 0.375 e. The van der Waals surface area contributed by atoms with Crippen LogP contribution in [-0.2, 0) is 10.4 Å². The minimum atomic E-state index is -1.41. The quantitative estimate of drug-likeness (QED) is 0.684. The molecule has 2 aliphatic carbocycles. The second kappa shape index (κ2) is 10.1. The summed E-state index contributed by atoms with van der Waals surface area (Å²) >= 11 is 0. The van der Waals surface area contributed by atoms with Crippen LogP contribution in [-0.4, -0.2) is 41.6 Å². The molecule has 1 saturated carbocycles. The molecule has 1 aliphatic heterocycles.